The third-order valence-electron chi connectivity index (χ3n) is 5.73. The van der Waals surface area contributed by atoms with Crippen LogP contribution in [0.5, 0.6) is 0 Å². The van der Waals surface area contributed by atoms with E-state index in [4.69, 9.17) is 0 Å². The van der Waals surface area contributed by atoms with Gasteiger partial charge in [0.2, 0.25) is 10.0 Å². The van der Waals surface area contributed by atoms with Gasteiger partial charge >= 0.3 is 0 Å². The largest absolute Gasteiger partial charge is 0.348 e. The molecule has 3 rings (SSSR count). The van der Waals surface area contributed by atoms with E-state index < -0.39 is 15.9 Å². The first-order chi connectivity index (χ1) is 16.4. The molecule has 190 valence electrons. The van der Waals surface area contributed by atoms with Crippen LogP contribution in [0.2, 0.25) is 0 Å². The number of hydrogen-bond acceptors (Lipinski definition) is 6. The predicted molar refractivity (Wildman–Crippen MR) is 136 cm³/mol. The summed E-state index contributed by atoms with van der Waals surface area (Å²) in [4.78, 5) is 30.3. The quantitative estimate of drug-likeness (QED) is 0.364. The van der Waals surface area contributed by atoms with Crippen LogP contribution < -0.4 is 15.6 Å². The lowest BCUT2D eigenvalue weighted by molar-refractivity contribution is 0.0952. The molecule has 3 aromatic rings. The molecule has 0 saturated heterocycles. The Balaban J connectivity index is 1.96. The number of carbonyl (C=O) groups excluding carboxylic acids is 1. The molecule has 2 aromatic heterocycles. The maximum absolute atomic E-state index is 13.2. The number of H-pyrrole nitrogens is 1. The number of aromatic nitrogens is 3. The van der Waals surface area contributed by atoms with Crippen molar-refractivity contribution in [2.75, 3.05) is 27.2 Å². The lowest BCUT2D eigenvalue weighted by Gasteiger charge is -2.14. The maximum atomic E-state index is 13.2. The van der Waals surface area contributed by atoms with Gasteiger partial charge in [-0.3, -0.25) is 14.3 Å². The first kappa shape index (κ1) is 26.6. The lowest BCUT2D eigenvalue weighted by atomic mass is 10.1. The van der Waals surface area contributed by atoms with Crippen LogP contribution in [-0.4, -0.2) is 61.2 Å². The summed E-state index contributed by atoms with van der Waals surface area (Å²) >= 11 is 0. The fourth-order valence-electron chi connectivity index (χ4n) is 3.92. The summed E-state index contributed by atoms with van der Waals surface area (Å²) in [6.45, 7) is 8.49. The predicted octanol–water partition coefficient (Wildman–Crippen LogP) is 2.08. The summed E-state index contributed by atoms with van der Waals surface area (Å²) in [5.74, 6) is -0.484. The normalized spacial score (nSPS) is 12.1. The molecule has 1 aromatic carbocycles. The van der Waals surface area contributed by atoms with Crippen LogP contribution in [-0.2, 0) is 16.6 Å². The second kappa shape index (κ2) is 10.7. The second-order valence-electron chi connectivity index (χ2n) is 9.27. The molecule has 0 bridgehead atoms. The zero-order valence-corrected chi connectivity index (χ0v) is 21.9. The van der Waals surface area contributed by atoms with Crippen LogP contribution in [0.25, 0.3) is 10.9 Å². The van der Waals surface area contributed by atoms with E-state index in [1.54, 1.807) is 23.9 Å². The van der Waals surface area contributed by atoms with E-state index in [0.717, 1.165) is 17.8 Å². The highest BCUT2D eigenvalue weighted by atomic mass is 32.2. The first-order valence-electron chi connectivity index (χ1n) is 11.5. The molecule has 2 heterocycles. The van der Waals surface area contributed by atoms with Gasteiger partial charge in [-0.2, -0.15) is 5.10 Å². The fraction of sp³-hybridized carbons (Fsp3) is 0.458. The van der Waals surface area contributed by atoms with Crippen molar-refractivity contribution in [3.8, 4) is 0 Å². The van der Waals surface area contributed by atoms with Gasteiger partial charge in [0.1, 0.15) is 0 Å². The molecule has 1 amide bonds. The van der Waals surface area contributed by atoms with Crippen LogP contribution in [0.3, 0.4) is 0 Å². The summed E-state index contributed by atoms with van der Waals surface area (Å²) in [6.07, 6.45) is 2.21. The highest BCUT2D eigenvalue weighted by molar-refractivity contribution is 7.89. The monoisotopic (exact) mass is 502 g/mol. The average molecular weight is 503 g/mol. The van der Waals surface area contributed by atoms with Crippen LogP contribution in [0.1, 0.15) is 53.5 Å². The zero-order chi connectivity index (χ0) is 25.9. The van der Waals surface area contributed by atoms with Crippen molar-refractivity contribution in [2.24, 2.45) is 0 Å². The van der Waals surface area contributed by atoms with Crippen molar-refractivity contribution in [2.45, 2.75) is 51.6 Å². The Hall–Kier alpha value is -3.02. The Morgan fingerprint density at radius 2 is 1.91 bits per heavy atom. The van der Waals surface area contributed by atoms with Gasteiger partial charge < -0.3 is 15.2 Å². The molecule has 0 atom stereocenters. The third kappa shape index (κ3) is 6.16. The van der Waals surface area contributed by atoms with E-state index in [2.05, 4.69) is 20.1 Å². The summed E-state index contributed by atoms with van der Waals surface area (Å²) in [6, 6.07) is 4.71. The Morgan fingerprint density at radius 1 is 1.20 bits per heavy atom. The van der Waals surface area contributed by atoms with Gasteiger partial charge in [-0.25, -0.2) is 13.1 Å². The van der Waals surface area contributed by atoms with E-state index in [0.29, 0.717) is 22.9 Å². The van der Waals surface area contributed by atoms with Crippen LogP contribution in [0, 0.1) is 13.8 Å². The number of nitrogens with zero attached hydrogens (tertiary/aromatic N) is 3. The number of pyridine rings is 1. The fourth-order valence-corrected chi connectivity index (χ4v) is 5.04. The SMILES string of the molecule is Cc1cc(C)c(CNC(=O)c2cc(S(=O)(=O)NCCCN(C)C)cc3c2cnn3C(C)C)c(=O)[nH]1. The highest BCUT2D eigenvalue weighted by Crippen LogP contribution is 2.26. The summed E-state index contributed by atoms with van der Waals surface area (Å²) in [7, 11) is -0.0101. The Bertz CT molecular complexity index is 1390. The zero-order valence-electron chi connectivity index (χ0n) is 21.1. The van der Waals surface area contributed by atoms with E-state index in [1.807, 2.05) is 45.8 Å². The van der Waals surface area contributed by atoms with Crippen molar-refractivity contribution < 1.29 is 13.2 Å². The number of rotatable bonds is 10. The van der Waals surface area contributed by atoms with Gasteiger partial charge in [0.15, 0.2) is 0 Å². The van der Waals surface area contributed by atoms with Gasteiger partial charge in [0.05, 0.1) is 22.2 Å². The number of hydrogen-bond donors (Lipinski definition) is 3. The number of carbonyl (C=O) groups is 1. The summed E-state index contributed by atoms with van der Waals surface area (Å²) < 4.78 is 30.4. The van der Waals surface area contributed by atoms with Crippen molar-refractivity contribution in [3.05, 3.63) is 57.1 Å². The molecule has 11 heteroatoms. The third-order valence-corrected chi connectivity index (χ3v) is 7.17. The maximum Gasteiger partial charge on any atom is 0.253 e. The molecule has 0 aliphatic carbocycles. The van der Waals surface area contributed by atoms with Crippen molar-refractivity contribution >= 4 is 26.8 Å². The first-order valence-corrected chi connectivity index (χ1v) is 13.0. The van der Waals surface area contributed by atoms with E-state index in [9.17, 15) is 18.0 Å². The number of fused-ring (bicyclic) bond motifs is 1. The van der Waals surface area contributed by atoms with E-state index in [1.165, 1.54) is 6.07 Å². The number of nitrogens with one attached hydrogen (secondary N) is 3. The topological polar surface area (TPSA) is 129 Å². The van der Waals surface area contributed by atoms with Gasteiger partial charge in [-0.15, -0.1) is 0 Å². The molecule has 35 heavy (non-hydrogen) atoms. The van der Waals surface area contributed by atoms with Gasteiger partial charge in [-0.05, 0) is 78.5 Å². The summed E-state index contributed by atoms with van der Waals surface area (Å²) in [5.41, 5.74) is 2.42. The van der Waals surface area contributed by atoms with Crippen LogP contribution in [0.15, 0.2) is 34.1 Å². The van der Waals surface area contributed by atoms with E-state index in [-0.39, 0.29) is 35.1 Å². The molecule has 10 nitrogen and oxygen atoms in total. The minimum Gasteiger partial charge on any atom is -0.348 e. The molecular weight excluding hydrogens is 468 g/mol. The molecule has 0 aliphatic heterocycles. The standard InChI is InChI=1S/C24H34N6O4S/c1-15(2)30-22-12-18(35(33,34)27-8-7-9-29(5)6)11-19(21(22)14-26-30)23(31)25-13-20-16(3)10-17(4)28-24(20)32/h10-12,14-15,27H,7-9,13H2,1-6H3,(H,25,31)(H,28,32). The Labute approximate surface area is 205 Å². The molecule has 0 saturated carbocycles. The molecule has 0 radical (unpaired) electrons. The van der Waals surface area contributed by atoms with Gasteiger partial charge in [0, 0.05) is 35.8 Å². The number of benzene rings is 1. The number of aryl methyl sites for hydroxylation is 2. The summed E-state index contributed by atoms with van der Waals surface area (Å²) in [5, 5.41) is 7.69. The molecule has 0 unspecified atom stereocenters. The molecule has 3 N–H and O–H groups in total. The minimum atomic E-state index is -3.86. The number of aromatic amines is 1. The van der Waals surface area contributed by atoms with Crippen molar-refractivity contribution in [1.29, 1.82) is 0 Å². The van der Waals surface area contributed by atoms with Crippen molar-refractivity contribution in [3.63, 3.8) is 0 Å². The lowest BCUT2D eigenvalue weighted by Crippen LogP contribution is -2.29. The molecule has 0 spiro atoms. The number of sulfonamides is 1. The number of amides is 1. The molecular formula is C24H34N6O4S. The van der Waals surface area contributed by atoms with Crippen LogP contribution >= 0.6 is 0 Å². The molecule has 0 fully saturated rings. The van der Waals surface area contributed by atoms with Crippen molar-refractivity contribution in [1.82, 2.24) is 29.7 Å². The Morgan fingerprint density at radius 3 is 2.54 bits per heavy atom. The van der Waals surface area contributed by atoms with Gasteiger partial charge in [0.25, 0.3) is 11.5 Å². The highest BCUT2D eigenvalue weighted by Gasteiger charge is 2.22. The minimum absolute atomic E-state index is 0.00762. The van der Waals surface area contributed by atoms with Gasteiger partial charge in [-0.1, -0.05) is 0 Å². The average Bonchev–Trinajstić information content (AvgIpc) is 3.19. The molecule has 0 aliphatic rings. The van der Waals surface area contributed by atoms with Crippen LogP contribution in [0.4, 0.5) is 0 Å². The smallest absolute Gasteiger partial charge is 0.253 e. The Kier molecular flexibility index (Phi) is 8.14. The van der Waals surface area contributed by atoms with E-state index >= 15 is 0 Å². The second-order valence-corrected chi connectivity index (χ2v) is 11.0.